The smallest absolute Gasteiger partial charge is 0.339 e. The fourth-order valence-corrected chi connectivity index (χ4v) is 3.77. The number of ether oxygens (including phenoxy) is 1. The summed E-state index contributed by atoms with van der Waals surface area (Å²) in [5, 5.41) is 5.37. The molecule has 3 rings (SSSR count). The third kappa shape index (κ3) is 5.36. The van der Waals surface area contributed by atoms with Gasteiger partial charge in [-0.25, -0.2) is 9.78 Å². The number of nitrogens with zero attached hydrogens (tertiary/aromatic N) is 1. The van der Waals surface area contributed by atoms with E-state index in [0.717, 1.165) is 14.8 Å². The van der Waals surface area contributed by atoms with Gasteiger partial charge in [0, 0.05) is 14.6 Å². The number of anilines is 1. The third-order valence-corrected chi connectivity index (χ3v) is 5.61. The summed E-state index contributed by atoms with van der Waals surface area (Å²) in [5.74, 6) is -0.507. The first-order chi connectivity index (χ1) is 13.0. The molecule has 27 heavy (non-hydrogen) atoms. The number of hydrogen-bond donors (Lipinski definition) is 1. The van der Waals surface area contributed by atoms with Crippen LogP contribution in [0.4, 0.5) is 5.69 Å². The Balaban J connectivity index is 1.54. The Bertz CT molecular complexity index is 971. The highest BCUT2D eigenvalue weighted by molar-refractivity contribution is 14.1. The number of thiazole rings is 1. The first-order valence-electron chi connectivity index (χ1n) is 8.23. The highest BCUT2D eigenvalue weighted by Crippen LogP contribution is 2.17. The van der Waals surface area contributed by atoms with Crippen LogP contribution in [0.25, 0.3) is 0 Å². The number of hydrogen-bond acceptors (Lipinski definition) is 5. The van der Waals surface area contributed by atoms with Gasteiger partial charge in [0.2, 0.25) is 5.91 Å². The molecular formula is C20H17IN2O3S. The molecule has 7 heteroatoms. The molecule has 0 saturated heterocycles. The molecular weight excluding hydrogens is 475 g/mol. The molecule has 1 heterocycles. The Morgan fingerprint density at radius 3 is 2.67 bits per heavy atom. The van der Waals surface area contributed by atoms with Crippen LogP contribution < -0.4 is 5.32 Å². The Hall–Kier alpha value is -2.26. The first kappa shape index (κ1) is 19.5. The summed E-state index contributed by atoms with van der Waals surface area (Å²) in [5.41, 5.74) is 2.97. The van der Waals surface area contributed by atoms with Crippen LogP contribution in [0.2, 0.25) is 0 Å². The van der Waals surface area contributed by atoms with Crippen LogP contribution in [-0.2, 0) is 22.6 Å². The van der Waals surface area contributed by atoms with Gasteiger partial charge >= 0.3 is 5.97 Å². The van der Waals surface area contributed by atoms with Crippen LogP contribution in [0.3, 0.4) is 0 Å². The Morgan fingerprint density at radius 2 is 1.89 bits per heavy atom. The number of aryl methyl sites for hydroxylation is 1. The number of amides is 1. The maximum atomic E-state index is 12.2. The second-order valence-corrected chi connectivity index (χ2v) is 7.93. The second-order valence-electron chi connectivity index (χ2n) is 5.83. The molecule has 1 amide bonds. The zero-order chi connectivity index (χ0) is 19.2. The molecule has 1 N–H and O–H groups in total. The molecule has 0 atom stereocenters. The minimum Gasteiger partial charge on any atom is -0.456 e. The molecule has 3 aromatic rings. The van der Waals surface area contributed by atoms with Gasteiger partial charge in [0.15, 0.2) is 0 Å². The number of nitrogens with one attached hydrogen (secondary N) is 1. The number of aromatic nitrogens is 1. The molecule has 0 unspecified atom stereocenters. The fraction of sp³-hybridized carbons (Fsp3) is 0.150. The van der Waals surface area contributed by atoms with Crippen molar-refractivity contribution >= 4 is 51.5 Å². The minimum atomic E-state index is -0.383. The number of halogens is 1. The summed E-state index contributed by atoms with van der Waals surface area (Å²) in [7, 11) is 0. The van der Waals surface area contributed by atoms with Gasteiger partial charge in [-0.2, -0.15) is 0 Å². The van der Waals surface area contributed by atoms with E-state index in [1.165, 1.54) is 11.3 Å². The zero-order valence-corrected chi connectivity index (χ0v) is 17.5. The van der Waals surface area contributed by atoms with Crippen LogP contribution in [0.5, 0.6) is 0 Å². The lowest BCUT2D eigenvalue weighted by molar-refractivity contribution is -0.115. The largest absolute Gasteiger partial charge is 0.456 e. The Labute approximate surface area is 174 Å². The quantitative estimate of drug-likeness (QED) is 0.404. The predicted molar refractivity (Wildman–Crippen MR) is 114 cm³/mol. The average molecular weight is 492 g/mol. The van der Waals surface area contributed by atoms with E-state index in [4.69, 9.17) is 4.74 Å². The minimum absolute atomic E-state index is 0.0831. The van der Waals surface area contributed by atoms with Crippen molar-refractivity contribution in [2.75, 3.05) is 5.32 Å². The number of benzene rings is 2. The number of carbonyl (C=O) groups excluding carboxylic acids is 2. The van der Waals surface area contributed by atoms with Gasteiger partial charge in [0.1, 0.15) is 11.6 Å². The lowest BCUT2D eigenvalue weighted by Crippen LogP contribution is -2.15. The van der Waals surface area contributed by atoms with Crippen LogP contribution in [-0.4, -0.2) is 16.9 Å². The molecule has 2 aromatic carbocycles. The molecule has 0 fully saturated rings. The fourth-order valence-electron chi connectivity index (χ4n) is 2.39. The highest BCUT2D eigenvalue weighted by atomic mass is 127. The molecule has 0 bridgehead atoms. The molecule has 0 aliphatic rings. The van der Waals surface area contributed by atoms with Crippen molar-refractivity contribution in [2.24, 2.45) is 0 Å². The third-order valence-electron chi connectivity index (χ3n) is 3.78. The van der Waals surface area contributed by atoms with Gasteiger partial charge in [-0.3, -0.25) is 4.79 Å². The highest BCUT2D eigenvalue weighted by Gasteiger charge is 2.13. The van der Waals surface area contributed by atoms with Crippen molar-refractivity contribution in [3.63, 3.8) is 0 Å². The van der Waals surface area contributed by atoms with Crippen LogP contribution in [0.1, 0.15) is 26.6 Å². The van der Waals surface area contributed by atoms with Crippen LogP contribution in [0.15, 0.2) is 53.9 Å². The van der Waals surface area contributed by atoms with Gasteiger partial charge in [0.25, 0.3) is 0 Å². The second kappa shape index (κ2) is 9.09. The molecule has 138 valence electrons. The monoisotopic (exact) mass is 492 g/mol. The predicted octanol–water partition coefficient (Wildman–Crippen LogP) is 4.59. The molecule has 0 saturated carbocycles. The molecule has 0 spiro atoms. The van der Waals surface area contributed by atoms with E-state index < -0.39 is 0 Å². The van der Waals surface area contributed by atoms with E-state index in [-0.39, 0.29) is 24.9 Å². The summed E-state index contributed by atoms with van der Waals surface area (Å²) in [6.45, 7) is 2.03. The van der Waals surface area contributed by atoms with E-state index in [1.807, 2.05) is 43.3 Å². The maximum Gasteiger partial charge on any atom is 0.339 e. The van der Waals surface area contributed by atoms with Crippen molar-refractivity contribution in [3.05, 3.63) is 79.3 Å². The molecule has 0 aliphatic heterocycles. The van der Waals surface area contributed by atoms with Crippen molar-refractivity contribution in [2.45, 2.75) is 20.0 Å². The SMILES string of the molecule is Cc1ccccc1NC(=O)Cc1nc(COC(=O)c2ccccc2I)cs1. The molecule has 5 nitrogen and oxygen atoms in total. The number of esters is 1. The summed E-state index contributed by atoms with van der Waals surface area (Å²) >= 11 is 3.48. The Kier molecular flexibility index (Phi) is 6.57. The average Bonchev–Trinajstić information content (AvgIpc) is 3.09. The maximum absolute atomic E-state index is 12.2. The first-order valence-corrected chi connectivity index (χ1v) is 10.2. The van der Waals surface area contributed by atoms with Gasteiger partial charge in [-0.15, -0.1) is 11.3 Å². The van der Waals surface area contributed by atoms with E-state index in [0.29, 0.717) is 16.3 Å². The van der Waals surface area contributed by atoms with E-state index in [1.54, 1.807) is 17.5 Å². The zero-order valence-electron chi connectivity index (χ0n) is 14.6. The van der Waals surface area contributed by atoms with Crippen molar-refractivity contribution in [3.8, 4) is 0 Å². The molecule has 0 radical (unpaired) electrons. The standard InChI is InChI=1S/C20H17IN2O3S/c1-13-6-2-5-9-17(13)23-18(24)10-19-22-14(12-27-19)11-26-20(25)15-7-3-4-8-16(15)21/h2-9,12H,10-11H2,1H3,(H,23,24). The lowest BCUT2D eigenvalue weighted by atomic mass is 10.2. The van der Waals surface area contributed by atoms with Crippen LogP contribution in [0, 0.1) is 10.5 Å². The summed E-state index contributed by atoms with van der Waals surface area (Å²) in [4.78, 5) is 28.7. The number of para-hydroxylation sites is 1. The van der Waals surface area contributed by atoms with E-state index >= 15 is 0 Å². The van der Waals surface area contributed by atoms with Gasteiger partial charge < -0.3 is 10.1 Å². The normalized spacial score (nSPS) is 10.4. The van der Waals surface area contributed by atoms with Gasteiger partial charge in [-0.1, -0.05) is 30.3 Å². The molecule has 1 aromatic heterocycles. The topological polar surface area (TPSA) is 68.3 Å². The summed E-state index contributed by atoms with van der Waals surface area (Å²) in [6.07, 6.45) is 0.184. The number of rotatable bonds is 6. The van der Waals surface area contributed by atoms with Crippen molar-refractivity contribution < 1.29 is 14.3 Å². The van der Waals surface area contributed by atoms with Crippen LogP contribution >= 0.6 is 33.9 Å². The van der Waals surface area contributed by atoms with E-state index in [2.05, 4.69) is 32.9 Å². The number of carbonyl (C=O) groups is 2. The Morgan fingerprint density at radius 1 is 1.15 bits per heavy atom. The van der Waals surface area contributed by atoms with Crippen molar-refractivity contribution in [1.82, 2.24) is 4.98 Å². The van der Waals surface area contributed by atoms with Gasteiger partial charge in [-0.05, 0) is 53.3 Å². The van der Waals surface area contributed by atoms with E-state index in [9.17, 15) is 9.59 Å². The molecule has 0 aliphatic carbocycles. The summed E-state index contributed by atoms with van der Waals surface area (Å²) < 4.78 is 6.16. The lowest BCUT2D eigenvalue weighted by Gasteiger charge is -2.06. The van der Waals surface area contributed by atoms with Gasteiger partial charge in [0.05, 0.1) is 17.7 Å². The van der Waals surface area contributed by atoms with Crippen molar-refractivity contribution in [1.29, 1.82) is 0 Å². The summed E-state index contributed by atoms with van der Waals surface area (Å²) in [6, 6.07) is 14.9.